The number of ether oxygens (including phenoxy) is 1. The summed E-state index contributed by atoms with van der Waals surface area (Å²) in [5.41, 5.74) is 2.55. The largest absolute Gasteiger partial charge is 0.463 e. The Labute approximate surface area is 113 Å². The molecule has 0 saturated carbocycles. The van der Waals surface area contributed by atoms with Gasteiger partial charge in [0.1, 0.15) is 0 Å². The Morgan fingerprint density at radius 1 is 1.37 bits per heavy atom. The van der Waals surface area contributed by atoms with Crippen LogP contribution in [0.5, 0.6) is 0 Å². The van der Waals surface area contributed by atoms with E-state index in [9.17, 15) is 4.79 Å². The fourth-order valence-corrected chi connectivity index (χ4v) is 2.23. The Hall–Kier alpha value is -2.03. The van der Waals surface area contributed by atoms with Crippen molar-refractivity contribution in [1.29, 1.82) is 0 Å². The molecule has 0 aliphatic rings. The lowest BCUT2D eigenvalue weighted by Crippen LogP contribution is -1.98. The molecule has 1 heterocycles. The Morgan fingerprint density at radius 3 is 2.95 bits per heavy atom. The van der Waals surface area contributed by atoms with Gasteiger partial charge in [0, 0.05) is 30.2 Å². The van der Waals surface area contributed by atoms with Gasteiger partial charge in [0.05, 0.1) is 6.61 Å². The van der Waals surface area contributed by atoms with Crippen molar-refractivity contribution in [1.82, 2.24) is 4.57 Å². The van der Waals surface area contributed by atoms with Crippen LogP contribution in [0.15, 0.2) is 42.6 Å². The summed E-state index contributed by atoms with van der Waals surface area (Å²) in [5.74, 6) is -0.264. The number of rotatable bonds is 5. The molecule has 0 radical (unpaired) electrons. The van der Waals surface area contributed by atoms with Crippen LogP contribution in [0.1, 0.15) is 18.9 Å². The molecule has 0 unspecified atom stereocenters. The van der Waals surface area contributed by atoms with Crippen LogP contribution in [0.2, 0.25) is 0 Å². The van der Waals surface area contributed by atoms with Crippen LogP contribution in [0, 0.1) is 0 Å². The number of hydrogen-bond donors (Lipinski definition) is 0. The molecular formula is C16H19NO2. The number of nitrogens with zero attached hydrogens (tertiary/aromatic N) is 1. The predicted molar refractivity (Wildman–Crippen MR) is 77.0 cm³/mol. The average Bonchev–Trinajstić information content (AvgIpc) is 2.73. The molecule has 0 aliphatic heterocycles. The molecule has 100 valence electrons. The monoisotopic (exact) mass is 257 g/mol. The van der Waals surface area contributed by atoms with E-state index in [2.05, 4.69) is 36.0 Å². The third-order valence-corrected chi connectivity index (χ3v) is 3.10. The zero-order valence-electron chi connectivity index (χ0n) is 11.4. The van der Waals surface area contributed by atoms with Gasteiger partial charge < -0.3 is 9.30 Å². The number of para-hydroxylation sites is 1. The molecule has 0 atom stereocenters. The summed E-state index contributed by atoms with van der Waals surface area (Å²) >= 11 is 0. The molecule has 0 N–H and O–H groups in total. The van der Waals surface area contributed by atoms with Crippen molar-refractivity contribution >= 4 is 16.9 Å². The lowest BCUT2D eigenvalue weighted by molar-refractivity contribution is -0.137. The van der Waals surface area contributed by atoms with Gasteiger partial charge in [0.25, 0.3) is 0 Å². The quantitative estimate of drug-likeness (QED) is 0.608. The van der Waals surface area contributed by atoms with E-state index < -0.39 is 0 Å². The minimum atomic E-state index is -0.264. The van der Waals surface area contributed by atoms with Crippen LogP contribution in [0.3, 0.4) is 0 Å². The van der Waals surface area contributed by atoms with Crippen molar-refractivity contribution in [3.63, 3.8) is 0 Å². The number of benzene rings is 1. The van der Waals surface area contributed by atoms with E-state index >= 15 is 0 Å². The summed E-state index contributed by atoms with van der Waals surface area (Å²) in [6.45, 7) is 2.23. The zero-order valence-corrected chi connectivity index (χ0v) is 11.4. The van der Waals surface area contributed by atoms with Gasteiger partial charge in [-0.05, 0) is 31.4 Å². The van der Waals surface area contributed by atoms with E-state index in [0.29, 0.717) is 6.61 Å². The van der Waals surface area contributed by atoms with Crippen LogP contribution in [-0.2, 0) is 23.0 Å². The van der Waals surface area contributed by atoms with Gasteiger partial charge in [-0.15, -0.1) is 0 Å². The summed E-state index contributed by atoms with van der Waals surface area (Å²) in [5, 5.41) is 1.29. The summed E-state index contributed by atoms with van der Waals surface area (Å²) in [6.07, 6.45) is 7.31. The number of aryl methyl sites for hydroxylation is 2. The average molecular weight is 257 g/mol. The molecule has 1 aromatic heterocycles. The van der Waals surface area contributed by atoms with Gasteiger partial charge >= 0.3 is 5.97 Å². The molecule has 0 bridgehead atoms. The van der Waals surface area contributed by atoms with Gasteiger partial charge in [-0.2, -0.15) is 0 Å². The minimum Gasteiger partial charge on any atom is -0.463 e. The van der Waals surface area contributed by atoms with Crippen molar-refractivity contribution in [2.45, 2.75) is 19.8 Å². The third kappa shape index (κ3) is 3.25. The molecule has 0 spiro atoms. The Balaban J connectivity index is 2.01. The number of carbonyl (C=O) groups is 1. The molecule has 3 nitrogen and oxygen atoms in total. The van der Waals surface area contributed by atoms with Crippen LogP contribution in [-0.4, -0.2) is 17.1 Å². The van der Waals surface area contributed by atoms with Gasteiger partial charge in [0.2, 0.25) is 0 Å². The third-order valence-electron chi connectivity index (χ3n) is 3.10. The normalized spacial score (nSPS) is 11.3. The number of aromatic nitrogens is 1. The van der Waals surface area contributed by atoms with Gasteiger partial charge in [-0.25, -0.2) is 4.79 Å². The second-order valence-electron chi connectivity index (χ2n) is 4.48. The maximum Gasteiger partial charge on any atom is 0.330 e. The SMILES string of the molecule is CCOC(=O)C=CCCc1cn(C)c2ccccc12. The first-order chi connectivity index (χ1) is 9.22. The first-order valence-corrected chi connectivity index (χ1v) is 6.58. The molecule has 0 amide bonds. The molecule has 1 aromatic carbocycles. The van der Waals surface area contributed by atoms with Crippen molar-refractivity contribution in [2.75, 3.05) is 6.61 Å². The van der Waals surface area contributed by atoms with E-state index in [1.54, 1.807) is 0 Å². The summed E-state index contributed by atoms with van der Waals surface area (Å²) in [7, 11) is 2.06. The second kappa shape index (κ2) is 6.23. The zero-order chi connectivity index (χ0) is 13.7. The maximum absolute atomic E-state index is 11.2. The first-order valence-electron chi connectivity index (χ1n) is 6.58. The van der Waals surface area contributed by atoms with Crippen LogP contribution >= 0.6 is 0 Å². The highest BCUT2D eigenvalue weighted by Crippen LogP contribution is 2.21. The molecule has 0 aliphatic carbocycles. The molecule has 2 aromatic rings. The van der Waals surface area contributed by atoms with Crippen molar-refractivity contribution in [3.05, 3.63) is 48.2 Å². The highest BCUT2D eigenvalue weighted by molar-refractivity contribution is 5.84. The predicted octanol–water partition coefficient (Wildman–Crippen LogP) is 3.23. The number of carbonyl (C=O) groups excluding carboxylic acids is 1. The summed E-state index contributed by atoms with van der Waals surface area (Å²) in [4.78, 5) is 11.2. The maximum atomic E-state index is 11.2. The van der Waals surface area contributed by atoms with Crippen LogP contribution < -0.4 is 0 Å². The fraction of sp³-hybridized carbons (Fsp3) is 0.312. The molecule has 2 rings (SSSR count). The lowest BCUT2D eigenvalue weighted by atomic mass is 10.1. The van der Waals surface area contributed by atoms with Crippen molar-refractivity contribution in [2.24, 2.45) is 7.05 Å². The van der Waals surface area contributed by atoms with Gasteiger partial charge in [0.15, 0.2) is 0 Å². The Morgan fingerprint density at radius 2 is 2.16 bits per heavy atom. The number of allylic oxidation sites excluding steroid dienone is 1. The number of esters is 1. The molecule has 19 heavy (non-hydrogen) atoms. The standard InChI is InChI=1S/C16H19NO2/c1-3-19-16(18)11-7-4-8-13-12-17(2)15-10-6-5-9-14(13)15/h5-7,9-12H,3-4,8H2,1-2H3. The smallest absolute Gasteiger partial charge is 0.330 e. The lowest BCUT2D eigenvalue weighted by Gasteiger charge is -1.96. The van der Waals surface area contributed by atoms with Crippen molar-refractivity contribution < 1.29 is 9.53 Å². The van der Waals surface area contributed by atoms with Crippen molar-refractivity contribution in [3.8, 4) is 0 Å². The molecule has 0 fully saturated rings. The van der Waals surface area contributed by atoms with Crippen LogP contribution in [0.4, 0.5) is 0 Å². The van der Waals surface area contributed by atoms with Crippen LogP contribution in [0.25, 0.3) is 10.9 Å². The highest BCUT2D eigenvalue weighted by Gasteiger charge is 2.04. The Bertz CT molecular complexity index is 596. The van der Waals surface area contributed by atoms with Gasteiger partial charge in [-0.3, -0.25) is 0 Å². The first kappa shape index (κ1) is 13.4. The van der Waals surface area contributed by atoms with E-state index in [4.69, 9.17) is 4.74 Å². The highest BCUT2D eigenvalue weighted by atomic mass is 16.5. The molecule has 0 saturated heterocycles. The van der Waals surface area contributed by atoms with Gasteiger partial charge in [-0.1, -0.05) is 24.3 Å². The second-order valence-corrected chi connectivity index (χ2v) is 4.48. The number of hydrogen-bond acceptors (Lipinski definition) is 2. The van der Waals surface area contributed by atoms with E-state index in [1.165, 1.54) is 22.5 Å². The Kier molecular flexibility index (Phi) is 4.39. The molecule has 3 heteroatoms. The van der Waals surface area contributed by atoms with E-state index in [-0.39, 0.29) is 5.97 Å². The summed E-state index contributed by atoms with van der Waals surface area (Å²) < 4.78 is 6.98. The molecular weight excluding hydrogens is 238 g/mol. The number of fused-ring (bicyclic) bond motifs is 1. The summed E-state index contributed by atoms with van der Waals surface area (Å²) in [6, 6.07) is 8.36. The topological polar surface area (TPSA) is 31.2 Å². The van der Waals surface area contributed by atoms with E-state index in [1.807, 2.05) is 19.1 Å². The fourth-order valence-electron chi connectivity index (χ4n) is 2.23. The minimum absolute atomic E-state index is 0.264. The van der Waals surface area contributed by atoms with E-state index in [0.717, 1.165) is 12.8 Å².